The molecule has 2 aromatic heterocycles. The molecule has 5 nitrogen and oxygen atoms in total. The van der Waals surface area contributed by atoms with Gasteiger partial charge in [0.1, 0.15) is 6.04 Å². The van der Waals surface area contributed by atoms with Gasteiger partial charge in [-0.15, -0.1) is 11.3 Å². The van der Waals surface area contributed by atoms with E-state index in [4.69, 9.17) is 0 Å². The predicted octanol–water partition coefficient (Wildman–Crippen LogP) is 4.65. The molecule has 2 N–H and O–H groups in total. The smallest absolute Gasteiger partial charge is 0.262 e. The lowest BCUT2D eigenvalue weighted by molar-refractivity contribution is -0.118. The molecule has 2 heterocycles. The number of aromatic nitrogens is 1. The number of hydrogen-bond donors (Lipinski definition) is 2. The molecule has 0 fully saturated rings. The van der Waals surface area contributed by atoms with Gasteiger partial charge in [0, 0.05) is 6.42 Å². The Morgan fingerprint density at radius 3 is 2.59 bits per heavy atom. The Morgan fingerprint density at radius 2 is 1.86 bits per heavy atom. The maximum Gasteiger partial charge on any atom is 0.262 e. The summed E-state index contributed by atoms with van der Waals surface area (Å²) in [6.07, 6.45) is 0.397. The van der Waals surface area contributed by atoms with Crippen LogP contribution < -0.4 is 10.6 Å². The van der Waals surface area contributed by atoms with E-state index in [1.807, 2.05) is 66.9 Å². The highest BCUT2D eigenvalue weighted by molar-refractivity contribution is 7.22. The minimum atomic E-state index is -0.708. The number of anilines is 1. The fraction of sp³-hybridized carbons (Fsp3) is 0.136. The number of nitrogens with one attached hydrogen (secondary N) is 2. The summed E-state index contributed by atoms with van der Waals surface area (Å²) in [6.45, 7) is 1.99. The number of carbonyl (C=O) groups excluding carboxylic acids is 2. The Balaban J connectivity index is 1.55. The predicted molar refractivity (Wildman–Crippen MR) is 119 cm³/mol. The monoisotopic (exact) mass is 421 g/mol. The van der Waals surface area contributed by atoms with Gasteiger partial charge < -0.3 is 10.6 Å². The van der Waals surface area contributed by atoms with E-state index >= 15 is 0 Å². The standard InChI is InChI=1S/C22H19N3O2S2/c1-14-7-5-10-17-19(14)24-22(29-17)25-20(26)16(13-15-8-3-2-4-9-15)23-21(27)18-11-6-12-28-18/h2-12,16H,13H2,1H3,(H,23,27)(H,24,25,26). The van der Waals surface area contributed by atoms with Crippen LogP contribution in [-0.2, 0) is 11.2 Å². The van der Waals surface area contributed by atoms with Crippen LogP contribution in [0.25, 0.3) is 10.2 Å². The number of thiophene rings is 1. The van der Waals surface area contributed by atoms with Crippen molar-refractivity contribution < 1.29 is 9.59 Å². The molecular weight excluding hydrogens is 402 g/mol. The van der Waals surface area contributed by atoms with Gasteiger partial charge in [0.15, 0.2) is 5.13 Å². The highest BCUT2D eigenvalue weighted by Crippen LogP contribution is 2.28. The van der Waals surface area contributed by atoms with E-state index in [0.29, 0.717) is 16.4 Å². The second-order valence-electron chi connectivity index (χ2n) is 6.62. The Labute approximate surface area is 176 Å². The van der Waals surface area contributed by atoms with Crippen molar-refractivity contribution in [3.8, 4) is 0 Å². The third-order valence-corrected chi connectivity index (χ3v) is 6.30. The van der Waals surface area contributed by atoms with E-state index in [1.54, 1.807) is 6.07 Å². The molecule has 0 aliphatic rings. The van der Waals surface area contributed by atoms with Gasteiger partial charge in [-0.05, 0) is 35.6 Å². The minimum Gasteiger partial charge on any atom is -0.339 e. The fourth-order valence-corrected chi connectivity index (χ4v) is 4.60. The van der Waals surface area contributed by atoms with Gasteiger partial charge in [0.25, 0.3) is 5.91 Å². The van der Waals surface area contributed by atoms with E-state index in [2.05, 4.69) is 15.6 Å². The zero-order valence-electron chi connectivity index (χ0n) is 15.7. The maximum absolute atomic E-state index is 13.0. The third kappa shape index (κ3) is 4.52. The number of thiazole rings is 1. The largest absolute Gasteiger partial charge is 0.339 e. The summed E-state index contributed by atoms with van der Waals surface area (Å²) in [7, 11) is 0. The maximum atomic E-state index is 13.0. The molecule has 1 unspecified atom stereocenters. The normalized spacial score (nSPS) is 11.9. The van der Waals surface area contributed by atoms with Crippen molar-refractivity contribution >= 4 is 49.8 Å². The lowest BCUT2D eigenvalue weighted by Gasteiger charge is -2.17. The summed E-state index contributed by atoms with van der Waals surface area (Å²) in [5, 5.41) is 8.12. The van der Waals surface area contributed by atoms with Crippen LogP contribution in [0.15, 0.2) is 66.0 Å². The summed E-state index contributed by atoms with van der Waals surface area (Å²) in [5.74, 6) is -0.535. The quantitative estimate of drug-likeness (QED) is 0.476. The first-order valence-corrected chi connectivity index (χ1v) is 10.8. The molecule has 7 heteroatoms. The van der Waals surface area contributed by atoms with E-state index in [0.717, 1.165) is 21.3 Å². The molecule has 4 aromatic rings. The van der Waals surface area contributed by atoms with Crippen LogP contribution in [0.1, 0.15) is 20.8 Å². The van der Waals surface area contributed by atoms with Gasteiger partial charge in [0.05, 0.1) is 15.1 Å². The van der Waals surface area contributed by atoms with E-state index in [-0.39, 0.29) is 11.8 Å². The summed E-state index contributed by atoms with van der Waals surface area (Å²) < 4.78 is 1.02. The molecule has 1 atom stereocenters. The number of hydrogen-bond acceptors (Lipinski definition) is 5. The molecule has 0 spiro atoms. The highest BCUT2D eigenvalue weighted by Gasteiger charge is 2.23. The number of rotatable bonds is 6. The fourth-order valence-electron chi connectivity index (χ4n) is 3.03. The van der Waals surface area contributed by atoms with Crippen LogP contribution in [0, 0.1) is 6.92 Å². The second kappa shape index (κ2) is 8.55. The van der Waals surface area contributed by atoms with Crippen molar-refractivity contribution in [1.82, 2.24) is 10.3 Å². The lowest BCUT2D eigenvalue weighted by atomic mass is 10.1. The molecule has 0 aliphatic heterocycles. The van der Waals surface area contributed by atoms with E-state index in [1.165, 1.54) is 22.7 Å². The molecule has 2 amide bonds. The second-order valence-corrected chi connectivity index (χ2v) is 8.60. The SMILES string of the molecule is Cc1cccc2sc(NC(=O)C(Cc3ccccc3)NC(=O)c3cccs3)nc12. The average molecular weight is 422 g/mol. The van der Waals surface area contributed by atoms with Gasteiger partial charge in [-0.1, -0.05) is 59.9 Å². The first kappa shape index (κ1) is 19.3. The van der Waals surface area contributed by atoms with Gasteiger partial charge in [-0.25, -0.2) is 4.98 Å². The van der Waals surface area contributed by atoms with E-state index < -0.39 is 6.04 Å². The Kier molecular flexibility index (Phi) is 5.69. The molecule has 0 saturated carbocycles. The van der Waals surface area contributed by atoms with Crippen molar-refractivity contribution in [3.05, 3.63) is 82.0 Å². The Hall–Kier alpha value is -3.03. The molecular formula is C22H19N3O2S2. The molecule has 29 heavy (non-hydrogen) atoms. The van der Waals surface area contributed by atoms with E-state index in [9.17, 15) is 9.59 Å². The Morgan fingerprint density at radius 1 is 1.03 bits per heavy atom. The van der Waals surface area contributed by atoms with Gasteiger partial charge in [0.2, 0.25) is 5.91 Å². The molecule has 4 rings (SSSR count). The molecule has 2 aromatic carbocycles. The summed E-state index contributed by atoms with van der Waals surface area (Å²) >= 11 is 2.77. The molecule has 146 valence electrons. The average Bonchev–Trinajstić information content (AvgIpc) is 3.38. The van der Waals surface area contributed by atoms with Crippen LogP contribution in [0.2, 0.25) is 0 Å². The van der Waals surface area contributed by atoms with Crippen LogP contribution in [-0.4, -0.2) is 22.8 Å². The van der Waals surface area contributed by atoms with Gasteiger partial charge >= 0.3 is 0 Å². The zero-order valence-corrected chi connectivity index (χ0v) is 17.3. The summed E-state index contributed by atoms with van der Waals surface area (Å²) in [4.78, 5) is 30.7. The number of para-hydroxylation sites is 1. The highest BCUT2D eigenvalue weighted by atomic mass is 32.1. The van der Waals surface area contributed by atoms with Gasteiger partial charge in [-0.3, -0.25) is 9.59 Å². The topological polar surface area (TPSA) is 71.1 Å². The first-order valence-electron chi connectivity index (χ1n) is 9.15. The molecule has 0 radical (unpaired) electrons. The van der Waals surface area contributed by atoms with Crippen LogP contribution in [0.5, 0.6) is 0 Å². The van der Waals surface area contributed by atoms with Crippen LogP contribution >= 0.6 is 22.7 Å². The van der Waals surface area contributed by atoms with Crippen molar-refractivity contribution in [2.75, 3.05) is 5.32 Å². The lowest BCUT2D eigenvalue weighted by Crippen LogP contribution is -2.45. The Bertz CT molecular complexity index is 1140. The minimum absolute atomic E-state index is 0.253. The third-order valence-electron chi connectivity index (χ3n) is 4.50. The molecule has 0 bridgehead atoms. The summed E-state index contributed by atoms with van der Waals surface area (Å²) in [6, 6.07) is 18.4. The number of benzene rings is 2. The van der Waals surface area contributed by atoms with Crippen molar-refractivity contribution in [3.63, 3.8) is 0 Å². The number of carbonyl (C=O) groups is 2. The number of nitrogens with zero attached hydrogens (tertiary/aromatic N) is 1. The van der Waals surface area contributed by atoms with Crippen molar-refractivity contribution in [2.24, 2.45) is 0 Å². The van der Waals surface area contributed by atoms with Gasteiger partial charge in [-0.2, -0.15) is 0 Å². The first-order chi connectivity index (χ1) is 14.1. The number of aryl methyl sites for hydroxylation is 1. The van der Waals surface area contributed by atoms with Crippen LogP contribution in [0.4, 0.5) is 5.13 Å². The summed E-state index contributed by atoms with van der Waals surface area (Å²) in [5.41, 5.74) is 2.92. The molecule has 0 aliphatic carbocycles. The number of amides is 2. The molecule has 0 saturated heterocycles. The van der Waals surface area contributed by atoms with Crippen molar-refractivity contribution in [1.29, 1.82) is 0 Å². The van der Waals surface area contributed by atoms with Crippen molar-refractivity contribution in [2.45, 2.75) is 19.4 Å². The number of fused-ring (bicyclic) bond motifs is 1. The van der Waals surface area contributed by atoms with Crippen LogP contribution in [0.3, 0.4) is 0 Å². The zero-order chi connectivity index (χ0) is 20.2.